The van der Waals surface area contributed by atoms with Crippen LogP contribution in [0.3, 0.4) is 0 Å². The van der Waals surface area contributed by atoms with E-state index in [1.54, 1.807) is 18.3 Å². The smallest absolute Gasteiger partial charge is 0.254 e. The van der Waals surface area contributed by atoms with Crippen LogP contribution < -0.4 is 10.1 Å². The first kappa shape index (κ1) is 14.8. The molecule has 1 amide bonds. The number of ether oxygens (including phenoxy) is 1. The highest BCUT2D eigenvalue weighted by Gasteiger charge is 2.34. The number of aromatic nitrogens is 1. The first-order valence-corrected chi connectivity index (χ1v) is 7.64. The summed E-state index contributed by atoms with van der Waals surface area (Å²) in [5, 5.41) is 3.08. The Balaban J connectivity index is 1.91. The molecule has 5 heteroatoms. The van der Waals surface area contributed by atoms with E-state index in [0.717, 1.165) is 11.3 Å². The third-order valence-corrected chi connectivity index (χ3v) is 4.08. The standard InChI is InChI=1S/C17H18N2O2S/c1-17(2)10-13(11-6-3-4-8-14(11)21-17)19-15(20)12-7-5-9-18-16(12)22/h3-9,13H,10H2,1-2H3,(H,18,22)(H,19,20). The highest BCUT2D eigenvalue weighted by molar-refractivity contribution is 7.71. The van der Waals surface area contributed by atoms with E-state index < -0.39 is 0 Å². The number of aromatic amines is 1. The van der Waals surface area contributed by atoms with Crippen LogP contribution in [0.2, 0.25) is 0 Å². The number of carbonyl (C=O) groups excluding carboxylic acids is 1. The van der Waals surface area contributed by atoms with Crippen molar-refractivity contribution in [3.8, 4) is 5.75 Å². The van der Waals surface area contributed by atoms with Crippen molar-refractivity contribution in [1.82, 2.24) is 10.3 Å². The van der Waals surface area contributed by atoms with Gasteiger partial charge < -0.3 is 15.0 Å². The summed E-state index contributed by atoms with van der Waals surface area (Å²) < 4.78 is 6.43. The highest BCUT2D eigenvalue weighted by Crippen LogP contribution is 2.39. The molecule has 1 atom stereocenters. The molecular formula is C17H18N2O2S. The van der Waals surface area contributed by atoms with Crippen LogP contribution >= 0.6 is 12.2 Å². The summed E-state index contributed by atoms with van der Waals surface area (Å²) >= 11 is 5.18. The largest absolute Gasteiger partial charge is 0.487 e. The average Bonchev–Trinajstić information content (AvgIpc) is 2.46. The molecule has 1 unspecified atom stereocenters. The first-order valence-electron chi connectivity index (χ1n) is 7.23. The van der Waals surface area contributed by atoms with Crippen LogP contribution in [0.1, 0.15) is 42.2 Å². The van der Waals surface area contributed by atoms with E-state index in [1.807, 2.05) is 38.1 Å². The molecule has 1 aliphatic heterocycles. The number of carbonyl (C=O) groups is 1. The van der Waals surface area contributed by atoms with Gasteiger partial charge in [0.25, 0.3) is 5.91 Å². The van der Waals surface area contributed by atoms with Gasteiger partial charge in [0.15, 0.2) is 0 Å². The fourth-order valence-electron chi connectivity index (χ4n) is 2.77. The SMILES string of the molecule is CC1(C)CC(NC(=O)c2ccc[nH]c2=S)c2ccccc2O1. The number of para-hydroxylation sites is 1. The van der Waals surface area contributed by atoms with Crippen LogP contribution in [0.25, 0.3) is 0 Å². The molecule has 1 aromatic heterocycles. The van der Waals surface area contributed by atoms with Crippen molar-refractivity contribution in [3.63, 3.8) is 0 Å². The summed E-state index contributed by atoms with van der Waals surface area (Å²) in [7, 11) is 0. The van der Waals surface area contributed by atoms with Crippen molar-refractivity contribution in [2.75, 3.05) is 0 Å². The van der Waals surface area contributed by atoms with E-state index in [-0.39, 0.29) is 17.6 Å². The van der Waals surface area contributed by atoms with Gasteiger partial charge in [0.05, 0.1) is 11.6 Å². The molecule has 22 heavy (non-hydrogen) atoms. The van der Waals surface area contributed by atoms with Crippen LogP contribution in [-0.2, 0) is 0 Å². The lowest BCUT2D eigenvalue weighted by molar-refractivity contribution is 0.0619. The van der Waals surface area contributed by atoms with E-state index in [9.17, 15) is 4.79 Å². The maximum Gasteiger partial charge on any atom is 0.254 e. The minimum Gasteiger partial charge on any atom is -0.487 e. The van der Waals surface area contributed by atoms with E-state index in [0.29, 0.717) is 16.6 Å². The Morgan fingerprint density at radius 2 is 2.09 bits per heavy atom. The van der Waals surface area contributed by atoms with Gasteiger partial charge in [0.2, 0.25) is 0 Å². The molecule has 0 radical (unpaired) electrons. The van der Waals surface area contributed by atoms with Crippen molar-refractivity contribution in [3.05, 3.63) is 58.4 Å². The molecule has 3 rings (SSSR count). The average molecular weight is 314 g/mol. The van der Waals surface area contributed by atoms with Gasteiger partial charge in [0, 0.05) is 18.2 Å². The molecule has 0 spiro atoms. The molecule has 2 aromatic rings. The minimum absolute atomic E-state index is 0.0953. The quantitative estimate of drug-likeness (QED) is 0.830. The summed E-state index contributed by atoms with van der Waals surface area (Å²) in [6, 6.07) is 11.2. The molecule has 1 aromatic carbocycles. The van der Waals surface area contributed by atoms with E-state index in [4.69, 9.17) is 17.0 Å². The normalized spacial score (nSPS) is 18.9. The van der Waals surface area contributed by atoms with Gasteiger partial charge in [-0.2, -0.15) is 0 Å². The number of fused-ring (bicyclic) bond motifs is 1. The Hall–Kier alpha value is -2.14. The number of hydrogen-bond donors (Lipinski definition) is 2. The Morgan fingerprint density at radius 3 is 2.86 bits per heavy atom. The van der Waals surface area contributed by atoms with Gasteiger partial charge in [-0.3, -0.25) is 4.79 Å². The number of benzene rings is 1. The van der Waals surface area contributed by atoms with Gasteiger partial charge in [-0.05, 0) is 32.0 Å². The minimum atomic E-state index is -0.327. The maximum atomic E-state index is 12.5. The van der Waals surface area contributed by atoms with Gasteiger partial charge >= 0.3 is 0 Å². The number of hydrogen-bond acceptors (Lipinski definition) is 3. The fraction of sp³-hybridized carbons (Fsp3) is 0.294. The number of pyridine rings is 1. The number of amides is 1. The Bertz CT molecular complexity index is 767. The zero-order chi connectivity index (χ0) is 15.7. The fourth-order valence-corrected chi connectivity index (χ4v) is 3.00. The van der Waals surface area contributed by atoms with Gasteiger partial charge in [0.1, 0.15) is 16.0 Å². The van der Waals surface area contributed by atoms with E-state index in [1.165, 1.54) is 0 Å². The molecule has 0 saturated carbocycles. The van der Waals surface area contributed by atoms with E-state index in [2.05, 4.69) is 10.3 Å². The molecule has 2 heterocycles. The highest BCUT2D eigenvalue weighted by atomic mass is 32.1. The third-order valence-electron chi connectivity index (χ3n) is 3.74. The van der Waals surface area contributed by atoms with Gasteiger partial charge in [-0.25, -0.2) is 0 Å². The second kappa shape index (κ2) is 5.57. The molecule has 1 aliphatic rings. The van der Waals surface area contributed by atoms with Crippen molar-refractivity contribution < 1.29 is 9.53 Å². The first-order chi connectivity index (χ1) is 10.5. The Morgan fingerprint density at radius 1 is 1.32 bits per heavy atom. The molecule has 0 saturated heterocycles. The van der Waals surface area contributed by atoms with Crippen LogP contribution in [0, 0.1) is 4.64 Å². The monoisotopic (exact) mass is 314 g/mol. The van der Waals surface area contributed by atoms with Crippen molar-refractivity contribution in [2.24, 2.45) is 0 Å². The molecule has 114 valence electrons. The van der Waals surface area contributed by atoms with Crippen molar-refractivity contribution in [1.29, 1.82) is 0 Å². The Labute approximate surface area is 134 Å². The molecule has 0 aliphatic carbocycles. The van der Waals surface area contributed by atoms with Crippen molar-refractivity contribution >= 4 is 18.1 Å². The molecule has 0 bridgehead atoms. The predicted molar refractivity (Wildman–Crippen MR) is 87.6 cm³/mol. The third kappa shape index (κ3) is 2.90. The summed E-state index contributed by atoms with van der Waals surface area (Å²) in [6.45, 7) is 4.05. The topological polar surface area (TPSA) is 54.1 Å². The summed E-state index contributed by atoms with van der Waals surface area (Å²) in [5.41, 5.74) is 1.16. The summed E-state index contributed by atoms with van der Waals surface area (Å²) in [4.78, 5) is 15.4. The van der Waals surface area contributed by atoms with Crippen molar-refractivity contribution in [2.45, 2.75) is 31.9 Å². The molecule has 0 fully saturated rings. The van der Waals surface area contributed by atoms with Gasteiger partial charge in [-0.1, -0.05) is 30.4 Å². The molecule has 4 nitrogen and oxygen atoms in total. The molecular weight excluding hydrogens is 296 g/mol. The van der Waals surface area contributed by atoms with Crippen LogP contribution in [0.5, 0.6) is 5.75 Å². The van der Waals surface area contributed by atoms with E-state index >= 15 is 0 Å². The lowest BCUT2D eigenvalue weighted by Crippen LogP contribution is -2.41. The summed E-state index contributed by atoms with van der Waals surface area (Å²) in [5.74, 6) is 0.654. The number of H-pyrrole nitrogens is 1. The number of rotatable bonds is 2. The predicted octanol–water partition coefficient (Wildman–Crippen LogP) is 3.78. The number of nitrogens with one attached hydrogen (secondary N) is 2. The van der Waals surface area contributed by atoms with Crippen LogP contribution in [-0.4, -0.2) is 16.5 Å². The zero-order valence-electron chi connectivity index (χ0n) is 12.6. The lowest BCUT2D eigenvalue weighted by atomic mass is 9.89. The zero-order valence-corrected chi connectivity index (χ0v) is 13.4. The Kier molecular flexibility index (Phi) is 3.74. The second-order valence-electron chi connectivity index (χ2n) is 6.04. The van der Waals surface area contributed by atoms with Crippen LogP contribution in [0.4, 0.5) is 0 Å². The van der Waals surface area contributed by atoms with Crippen LogP contribution in [0.15, 0.2) is 42.6 Å². The maximum absolute atomic E-state index is 12.5. The second-order valence-corrected chi connectivity index (χ2v) is 6.45. The van der Waals surface area contributed by atoms with Gasteiger partial charge in [-0.15, -0.1) is 0 Å². The summed E-state index contributed by atoms with van der Waals surface area (Å²) in [6.07, 6.45) is 2.42. The lowest BCUT2D eigenvalue weighted by Gasteiger charge is -2.37. The molecule has 2 N–H and O–H groups in total.